The van der Waals surface area contributed by atoms with Gasteiger partial charge in [0.05, 0.1) is 0 Å². The molecule has 2 fully saturated rings. The summed E-state index contributed by atoms with van der Waals surface area (Å²) < 4.78 is 0. The fourth-order valence-corrected chi connectivity index (χ4v) is 7.34. The maximum atomic E-state index is 5.99. The van der Waals surface area contributed by atoms with E-state index in [2.05, 4.69) is 12.2 Å². The Bertz CT molecular complexity index is 269. The molecule has 14 heavy (non-hydrogen) atoms. The number of halogens is 2. The average Bonchev–Trinajstić information content (AvgIpc) is 2.86. The van der Waals surface area contributed by atoms with Crippen molar-refractivity contribution in [1.82, 2.24) is 0 Å². The Morgan fingerprint density at radius 2 is 1.71 bits per heavy atom. The summed E-state index contributed by atoms with van der Waals surface area (Å²) in [6.07, 6.45) is 7.41. The van der Waals surface area contributed by atoms with Crippen LogP contribution in [-0.2, 0) is 0 Å². The van der Waals surface area contributed by atoms with Crippen LogP contribution in [0.3, 0.4) is 0 Å². The van der Waals surface area contributed by atoms with Gasteiger partial charge in [-0.2, -0.15) is 0 Å². The first-order valence-corrected chi connectivity index (χ1v) is 8.49. The molecule has 0 amide bonds. The van der Waals surface area contributed by atoms with E-state index in [0.717, 1.165) is 23.7 Å². The lowest BCUT2D eigenvalue weighted by atomic mass is 9.81. The van der Waals surface area contributed by atoms with Crippen LogP contribution in [0.2, 0.25) is 0 Å². The second-order valence-corrected chi connectivity index (χ2v) is 7.09. The molecule has 3 aliphatic rings. The lowest BCUT2D eigenvalue weighted by Gasteiger charge is -2.34. The van der Waals surface area contributed by atoms with Gasteiger partial charge in [0.1, 0.15) is 0 Å². The summed E-state index contributed by atoms with van der Waals surface area (Å²) in [5.74, 6) is 3.31. The maximum Gasteiger partial charge on any atom is 0.0367 e. The topological polar surface area (TPSA) is 0 Å². The second kappa shape index (κ2) is 3.80. The van der Waals surface area contributed by atoms with E-state index < -0.39 is 0 Å². The molecule has 2 bridgehead atoms. The van der Waals surface area contributed by atoms with Gasteiger partial charge in [-0.15, -0.1) is 0 Å². The summed E-state index contributed by atoms with van der Waals surface area (Å²) in [7, 11) is 15.0. The predicted octanol–water partition coefficient (Wildman–Crippen LogP) is 4.34. The minimum atomic E-state index is 0.577. The van der Waals surface area contributed by atoms with Crippen molar-refractivity contribution in [3.8, 4) is 0 Å². The smallest absolute Gasteiger partial charge is 0.0367 e. The van der Waals surface area contributed by atoms with Crippen LogP contribution >= 0.6 is 43.3 Å². The number of rotatable bonds is 2. The van der Waals surface area contributed by atoms with Gasteiger partial charge < -0.3 is 0 Å². The van der Waals surface area contributed by atoms with E-state index >= 15 is 0 Å². The maximum absolute atomic E-state index is 5.99. The van der Waals surface area contributed by atoms with Gasteiger partial charge in [-0.1, -0.05) is 34.1 Å². The van der Waals surface area contributed by atoms with Gasteiger partial charge in [0.25, 0.3) is 0 Å². The van der Waals surface area contributed by atoms with Crippen molar-refractivity contribution in [2.75, 3.05) is 0 Å². The van der Waals surface area contributed by atoms with Crippen LogP contribution < -0.4 is 0 Å². The third kappa shape index (κ3) is 1.24. The molecule has 2 saturated carbocycles. The highest BCUT2D eigenvalue weighted by Crippen LogP contribution is 2.63. The van der Waals surface area contributed by atoms with E-state index in [0.29, 0.717) is 10.5 Å². The van der Waals surface area contributed by atoms with Gasteiger partial charge in [-0.05, 0) is 57.9 Å². The molecule has 0 heterocycles. The van der Waals surface area contributed by atoms with Crippen LogP contribution in [-0.4, -0.2) is 10.5 Å². The van der Waals surface area contributed by atoms with E-state index in [1.165, 1.54) is 34.8 Å². The van der Waals surface area contributed by atoms with Gasteiger partial charge in [-0.25, -0.2) is 0 Å². The molecule has 0 aromatic rings. The van der Waals surface area contributed by atoms with Crippen molar-refractivity contribution in [3.63, 3.8) is 0 Å². The molecule has 4 heteroatoms. The molecule has 78 valence electrons. The lowest BCUT2D eigenvalue weighted by Crippen LogP contribution is -2.35. The van der Waals surface area contributed by atoms with Crippen LogP contribution in [0.1, 0.15) is 12.8 Å². The molecule has 3 aliphatic carbocycles. The van der Waals surface area contributed by atoms with E-state index in [1.54, 1.807) is 0 Å². The Morgan fingerprint density at radius 3 is 2.43 bits per heavy atom. The molecule has 3 rings (SSSR count). The Hall–Kier alpha value is 1.02. The highest BCUT2D eigenvalue weighted by Gasteiger charge is 2.58. The second-order valence-electron chi connectivity index (χ2n) is 4.58. The normalized spacial score (nSPS) is 54.1. The number of fused-ring (bicyclic) bond motifs is 5. The van der Waals surface area contributed by atoms with Crippen molar-refractivity contribution in [3.05, 3.63) is 12.2 Å². The molecule has 0 aliphatic heterocycles. The Morgan fingerprint density at radius 1 is 1.00 bits per heavy atom. The van der Waals surface area contributed by atoms with Crippen molar-refractivity contribution in [1.29, 1.82) is 0 Å². The molecule has 0 saturated heterocycles. The quantitative estimate of drug-likeness (QED) is 0.683. The fraction of sp³-hybridized carbons (Fsp3) is 0.800. The Labute approximate surface area is 102 Å². The number of hydrogen-bond donors (Lipinski definition) is 0. The highest BCUT2D eigenvalue weighted by molar-refractivity contribution is 8.24. The molecule has 0 nitrogen and oxygen atoms in total. The summed E-state index contributed by atoms with van der Waals surface area (Å²) in [6, 6.07) is 0. The molecule has 0 spiro atoms. The first-order valence-electron chi connectivity index (χ1n) is 5.08. The van der Waals surface area contributed by atoms with Crippen LogP contribution in [0.5, 0.6) is 0 Å². The summed E-state index contributed by atoms with van der Waals surface area (Å²) >= 11 is 0. The van der Waals surface area contributed by atoms with Gasteiger partial charge in [0.15, 0.2) is 0 Å². The third-order valence-electron chi connectivity index (χ3n) is 4.22. The molecular weight excluding hydrogens is 255 g/mol. The molecule has 0 aromatic carbocycles. The fourth-order valence-electron chi connectivity index (χ4n) is 3.71. The van der Waals surface area contributed by atoms with Crippen molar-refractivity contribution in [2.45, 2.75) is 23.3 Å². The summed E-state index contributed by atoms with van der Waals surface area (Å²) in [6.45, 7) is 0. The number of hydrogen-bond acceptors (Lipinski definition) is 2. The molecule has 6 atom stereocenters. The summed E-state index contributed by atoms with van der Waals surface area (Å²) in [4.78, 5) is 0. The molecule has 0 aromatic heterocycles. The minimum absolute atomic E-state index is 0.577. The van der Waals surface area contributed by atoms with Crippen molar-refractivity contribution < 1.29 is 0 Å². The van der Waals surface area contributed by atoms with E-state index in [-0.39, 0.29) is 0 Å². The largest absolute Gasteiger partial charge is 0.0879 e. The Kier molecular flexibility index (Phi) is 2.76. The third-order valence-corrected chi connectivity index (χ3v) is 7.33. The van der Waals surface area contributed by atoms with Crippen LogP contribution in [0.25, 0.3) is 0 Å². The first kappa shape index (κ1) is 10.2. The standard InChI is InChI=1S/C10H12Cl2S2/c11-13-9-7-4-8(10(9)14-12)6-3-1-2-5(6)7/h1-2,5-10H,3-4H2/t5-,6+,7+,8-,9+,10-/m0/s1. The summed E-state index contributed by atoms with van der Waals surface area (Å²) in [5.41, 5.74) is 0. The average molecular weight is 267 g/mol. The zero-order chi connectivity index (χ0) is 9.71. The zero-order valence-electron chi connectivity index (χ0n) is 7.61. The van der Waals surface area contributed by atoms with Crippen LogP contribution in [0.15, 0.2) is 12.2 Å². The molecule has 0 N–H and O–H groups in total. The zero-order valence-corrected chi connectivity index (χ0v) is 10.8. The van der Waals surface area contributed by atoms with E-state index in [9.17, 15) is 0 Å². The highest BCUT2D eigenvalue weighted by atomic mass is 35.7. The van der Waals surface area contributed by atoms with E-state index in [4.69, 9.17) is 21.4 Å². The van der Waals surface area contributed by atoms with Gasteiger partial charge in [-0.3, -0.25) is 0 Å². The van der Waals surface area contributed by atoms with Crippen molar-refractivity contribution >= 4 is 43.3 Å². The monoisotopic (exact) mass is 266 g/mol. The van der Waals surface area contributed by atoms with Crippen molar-refractivity contribution in [2.24, 2.45) is 23.7 Å². The van der Waals surface area contributed by atoms with E-state index in [1.807, 2.05) is 0 Å². The molecule has 0 radical (unpaired) electrons. The minimum Gasteiger partial charge on any atom is -0.0879 e. The Balaban J connectivity index is 1.88. The van der Waals surface area contributed by atoms with Crippen LogP contribution in [0, 0.1) is 23.7 Å². The van der Waals surface area contributed by atoms with Crippen LogP contribution in [0.4, 0.5) is 0 Å². The molecular formula is C10H12Cl2S2. The van der Waals surface area contributed by atoms with Gasteiger partial charge in [0.2, 0.25) is 0 Å². The summed E-state index contributed by atoms with van der Waals surface area (Å²) in [5, 5.41) is 1.17. The lowest BCUT2D eigenvalue weighted by molar-refractivity contribution is 0.300. The van der Waals surface area contributed by atoms with Gasteiger partial charge in [0, 0.05) is 10.5 Å². The van der Waals surface area contributed by atoms with Gasteiger partial charge >= 0.3 is 0 Å². The predicted molar refractivity (Wildman–Crippen MR) is 66.8 cm³/mol. The number of allylic oxidation sites excluding steroid dienone is 2. The SMILES string of the molecule is ClS[C@@H]1[C@@H]2C[C@@H]([C@@H]3CC=C[C@@H]32)[C@@H]1SCl. The first-order chi connectivity index (χ1) is 6.86. The molecule has 0 unspecified atom stereocenters.